The van der Waals surface area contributed by atoms with Gasteiger partial charge in [-0.05, 0) is 28.6 Å². The largest absolute Gasteiger partial charge is 0.301 e. The molecular weight excluding hydrogens is 342 g/mol. The first-order valence-corrected chi connectivity index (χ1v) is 8.57. The molecule has 106 valence electrons. The third-order valence-electron chi connectivity index (χ3n) is 3.42. The lowest BCUT2D eigenvalue weighted by Crippen LogP contribution is -2.21. The van der Waals surface area contributed by atoms with E-state index in [9.17, 15) is 0 Å². The van der Waals surface area contributed by atoms with Crippen molar-refractivity contribution in [2.24, 2.45) is 0 Å². The number of halogens is 1. The standard InChI is InChI=1S/C18H16BrNS/c19-16-10-5-4-9-15(16)13-20-18(17-11-6-12-21-17)14-7-2-1-3-8-14/h1-12,18,20H,13H2. The Morgan fingerprint density at radius 1 is 0.905 bits per heavy atom. The first-order valence-electron chi connectivity index (χ1n) is 6.90. The van der Waals surface area contributed by atoms with Crippen molar-refractivity contribution < 1.29 is 0 Å². The van der Waals surface area contributed by atoms with Gasteiger partial charge in [0.15, 0.2) is 0 Å². The molecule has 1 nitrogen and oxygen atoms in total. The van der Waals surface area contributed by atoms with Crippen LogP contribution in [0.25, 0.3) is 0 Å². The highest BCUT2D eigenvalue weighted by Gasteiger charge is 2.14. The molecule has 21 heavy (non-hydrogen) atoms. The molecule has 0 aliphatic rings. The fourth-order valence-electron chi connectivity index (χ4n) is 2.34. The van der Waals surface area contributed by atoms with Gasteiger partial charge in [-0.1, -0.05) is 70.5 Å². The molecule has 3 rings (SSSR count). The van der Waals surface area contributed by atoms with Crippen LogP contribution in [0.4, 0.5) is 0 Å². The van der Waals surface area contributed by atoms with Crippen LogP contribution >= 0.6 is 27.3 Å². The predicted octanol–water partition coefficient (Wildman–Crippen LogP) is 5.39. The highest BCUT2D eigenvalue weighted by Crippen LogP contribution is 2.27. The minimum absolute atomic E-state index is 0.235. The van der Waals surface area contributed by atoms with Crippen molar-refractivity contribution in [1.82, 2.24) is 5.32 Å². The summed E-state index contributed by atoms with van der Waals surface area (Å²) in [5, 5.41) is 5.81. The van der Waals surface area contributed by atoms with Gasteiger partial charge in [-0.25, -0.2) is 0 Å². The van der Waals surface area contributed by atoms with Crippen molar-refractivity contribution >= 4 is 27.3 Å². The summed E-state index contributed by atoms with van der Waals surface area (Å²) in [6.45, 7) is 0.832. The van der Waals surface area contributed by atoms with Crippen molar-refractivity contribution in [3.05, 3.63) is 92.6 Å². The molecule has 3 aromatic rings. The maximum Gasteiger partial charge on any atom is 0.0673 e. The summed E-state index contributed by atoms with van der Waals surface area (Å²) >= 11 is 5.40. The second kappa shape index (κ2) is 7.03. The Hall–Kier alpha value is -1.42. The normalized spacial score (nSPS) is 12.2. The van der Waals surface area contributed by atoms with E-state index in [0.29, 0.717) is 0 Å². The highest BCUT2D eigenvalue weighted by molar-refractivity contribution is 9.10. The van der Waals surface area contributed by atoms with Gasteiger partial charge in [-0.3, -0.25) is 0 Å². The van der Waals surface area contributed by atoms with E-state index in [0.717, 1.165) is 11.0 Å². The van der Waals surface area contributed by atoms with Crippen LogP contribution in [0, 0.1) is 0 Å². The number of nitrogens with one attached hydrogen (secondary N) is 1. The molecule has 1 unspecified atom stereocenters. The van der Waals surface area contributed by atoms with Crippen molar-refractivity contribution in [3.8, 4) is 0 Å². The molecule has 0 bridgehead atoms. The summed E-state index contributed by atoms with van der Waals surface area (Å²) < 4.78 is 1.15. The van der Waals surface area contributed by atoms with Crippen molar-refractivity contribution in [3.63, 3.8) is 0 Å². The average molecular weight is 358 g/mol. The van der Waals surface area contributed by atoms with E-state index in [1.165, 1.54) is 16.0 Å². The van der Waals surface area contributed by atoms with E-state index in [1.807, 2.05) is 6.07 Å². The van der Waals surface area contributed by atoms with E-state index in [1.54, 1.807) is 11.3 Å². The van der Waals surface area contributed by atoms with Crippen LogP contribution in [0.1, 0.15) is 22.0 Å². The highest BCUT2D eigenvalue weighted by atomic mass is 79.9. The Morgan fingerprint density at radius 2 is 1.67 bits per heavy atom. The zero-order valence-corrected chi connectivity index (χ0v) is 13.9. The Balaban J connectivity index is 1.82. The van der Waals surface area contributed by atoms with Gasteiger partial charge in [0.1, 0.15) is 0 Å². The number of rotatable bonds is 5. The number of hydrogen-bond acceptors (Lipinski definition) is 2. The minimum atomic E-state index is 0.235. The van der Waals surface area contributed by atoms with Crippen molar-refractivity contribution in [2.75, 3.05) is 0 Å². The zero-order chi connectivity index (χ0) is 14.5. The first kappa shape index (κ1) is 14.5. The van der Waals surface area contributed by atoms with Crippen molar-refractivity contribution in [1.29, 1.82) is 0 Å². The number of thiophene rings is 1. The fraction of sp³-hybridized carbons (Fsp3) is 0.111. The molecule has 0 saturated heterocycles. The maximum absolute atomic E-state index is 3.68. The van der Waals surface area contributed by atoms with Crippen LogP contribution in [-0.2, 0) is 6.54 Å². The average Bonchev–Trinajstić information content (AvgIpc) is 3.04. The Kier molecular flexibility index (Phi) is 4.86. The molecule has 0 aliphatic heterocycles. The Labute approximate surface area is 137 Å². The molecular formula is C18H16BrNS. The molecule has 2 aromatic carbocycles. The lowest BCUT2D eigenvalue weighted by Gasteiger charge is -2.18. The number of hydrogen-bond donors (Lipinski definition) is 1. The quantitative estimate of drug-likeness (QED) is 0.645. The summed E-state index contributed by atoms with van der Waals surface area (Å²) in [5.74, 6) is 0. The fourth-order valence-corrected chi connectivity index (χ4v) is 3.59. The molecule has 1 N–H and O–H groups in total. The third-order valence-corrected chi connectivity index (χ3v) is 5.13. The van der Waals surface area contributed by atoms with Gasteiger partial charge in [0.2, 0.25) is 0 Å². The van der Waals surface area contributed by atoms with E-state index < -0.39 is 0 Å². The smallest absolute Gasteiger partial charge is 0.0673 e. The van der Waals surface area contributed by atoms with E-state index in [-0.39, 0.29) is 6.04 Å². The molecule has 0 fully saturated rings. The topological polar surface area (TPSA) is 12.0 Å². The van der Waals surface area contributed by atoms with Gasteiger partial charge >= 0.3 is 0 Å². The summed E-state index contributed by atoms with van der Waals surface area (Å²) in [7, 11) is 0. The molecule has 1 aromatic heterocycles. The van der Waals surface area contributed by atoms with Crippen LogP contribution in [0.3, 0.4) is 0 Å². The Morgan fingerprint density at radius 3 is 2.38 bits per heavy atom. The van der Waals surface area contributed by atoms with Crippen molar-refractivity contribution in [2.45, 2.75) is 12.6 Å². The summed E-state index contributed by atoms with van der Waals surface area (Å²) in [4.78, 5) is 1.34. The summed E-state index contributed by atoms with van der Waals surface area (Å²) in [5.41, 5.74) is 2.57. The van der Waals surface area contributed by atoms with E-state index in [2.05, 4.69) is 87.3 Å². The first-order chi connectivity index (χ1) is 10.3. The lowest BCUT2D eigenvalue weighted by atomic mass is 10.0. The monoisotopic (exact) mass is 357 g/mol. The molecule has 0 saturated carbocycles. The van der Waals surface area contributed by atoms with Gasteiger partial charge in [0.25, 0.3) is 0 Å². The summed E-state index contributed by atoms with van der Waals surface area (Å²) in [6.07, 6.45) is 0. The predicted molar refractivity (Wildman–Crippen MR) is 93.6 cm³/mol. The summed E-state index contributed by atoms with van der Waals surface area (Å²) in [6, 6.07) is 23.5. The van der Waals surface area contributed by atoms with Crippen LogP contribution in [0.5, 0.6) is 0 Å². The van der Waals surface area contributed by atoms with E-state index >= 15 is 0 Å². The molecule has 0 spiro atoms. The lowest BCUT2D eigenvalue weighted by molar-refractivity contribution is 0.612. The van der Waals surface area contributed by atoms with Gasteiger partial charge in [-0.2, -0.15) is 0 Å². The van der Waals surface area contributed by atoms with Crippen LogP contribution in [-0.4, -0.2) is 0 Å². The van der Waals surface area contributed by atoms with E-state index in [4.69, 9.17) is 0 Å². The van der Waals surface area contributed by atoms with Gasteiger partial charge in [0.05, 0.1) is 6.04 Å². The molecule has 3 heteroatoms. The second-order valence-corrected chi connectivity index (χ2v) is 6.67. The molecule has 1 heterocycles. The molecule has 0 amide bonds. The van der Waals surface area contributed by atoms with Gasteiger partial charge in [0, 0.05) is 15.9 Å². The number of benzene rings is 2. The third kappa shape index (κ3) is 3.62. The van der Waals surface area contributed by atoms with Crippen LogP contribution in [0.15, 0.2) is 76.6 Å². The Bertz CT molecular complexity index is 679. The van der Waals surface area contributed by atoms with Gasteiger partial charge in [-0.15, -0.1) is 11.3 Å². The molecule has 1 atom stereocenters. The zero-order valence-electron chi connectivity index (χ0n) is 11.5. The van der Waals surface area contributed by atoms with Gasteiger partial charge < -0.3 is 5.32 Å². The van der Waals surface area contributed by atoms with Crippen LogP contribution < -0.4 is 5.32 Å². The minimum Gasteiger partial charge on any atom is -0.301 e. The second-order valence-electron chi connectivity index (χ2n) is 4.83. The SMILES string of the molecule is Brc1ccccc1CNC(c1ccccc1)c1cccs1. The molecule has 0 radical (unpaired) electrons. The maximum atomic E-state index is 3.68. The van der Waals surface area contributed by atoms with Crippen LogP contribution in [0.2, 0.25) is 0 Å². The molecule has 0 aliphatic carbocycles.